The second-order valence-corrected chi connectivity index (χ2v) is 5.95. The highest BCUT2D eigenvalue weighted by molar-refractivity contribution is 7.11. The lowest BCUT2D eigenvalue weighted by Crippen LogP contribution is -2.24. The maximum atomic E-state index is 4.50. The van der Waals surface area contributed by atoms with Gasteiger partial charge in [-0.1, -0.05) is 12.8 Å². The fourth-order valence-corrected chi connectivity index (χ4v) is 3.34. The third kappa shape index (κ3) is 2.40. The average molecular weight is 222 g/mol. The fourth-order valence-electron chi connectivity index (χ4n) is 2.30. The molecule has 2 aliphatic rings. The molecule has 1 heterocycles. The first-order valence-corrected chi connectivity index (χ1v) is 6.91. The highest BCUT2D eigenvalue weighted by Crippen LogP contribution is 2.41. The number of nitrogens with zero attached hydrogens (tertiary/aromatic N) is 1. The Labute approximate surface area is 95.1 Å². The molecule has 0 unspecified atom stereocenters. The topological polar surface area (TPSA) is 24.9 Å². The van der Waals surface area contributed by atoms with Gasteiger partial charge in [-0.25, -0.2) is 4.98 Å². The van der Waals surface area contributed by atoms with Gasteiger partial charge in [-0.05, 0) is 25.7 Å². The first kappa shape index (κ1) is 9.79. The number of nitrogens with one attached hydrogen (secondary N) is 1. The summed E-state index contributed by atoms with van der Waals surface area (Å²) in [6, 6.07) is 0.775. The van der Waals surface area contributed by atoms with Crippen LogP contribution in [-0.2, 0) is 6.54 Å². The van der Waals surface area contributed by atoms with Gasteiger partial charge in [0.2, 0.25) is 0 Å². The van der Waals surface area contributed by atoms with Crippen LogP contribution in [0.3, 0.4) is 0 Å². The van der Waals surface area contributed by atoms with Crippen molar-refractivity contribution in [3.63, 3.8) is 0 Å². The molecule has 2 nitrogen and oxygen atoms in total. The molecule has 2 saturated carbocycles. The summed E-state index contributed by atoms with van der Waals surface area (Å²) in [5, 5.41) is 5.01. The molecule has 3 rings (SSSR count). The van der Waals surface area contributed by atoms with E-state index in [0.29, 0.717) is 0 Å². The van der Waals surface area contributed by atoms with E-state index >= 15 is 0 Å². The van der Waals surface area contributed by atoms with E-state index < -0.39 is 0 Å². The number of aromatic nitrogens is 1. The molecule has 2 fully saturated rings. The Morgan fingerprint density at radius 1 is 1.27 bits per heavy atom. The average Bonchev–Trinajstić information content (AvgIpc) is 2.82. The standard InChI is InChI=1S/C12H18N2S/c1-2-4-10(3-1)13-7-11-8-14-12(15-11)9-5-6-9/h8-10,13H,1-7H2. The summed E-state index contributed by atoms with van der Waals surface area (Å²) in [4.78, 5) is 5.92. The number of rotatable bonds is 4. The molecule has 0 aromatic carbocycles. The zero-order valence-electron chi connectivity index (χ0n) is 9.04. The summed E-state index contributed by atoms with van der Waals surface area (Å²) in [5.74, 6) is 0.815. The lowest BCUT2D eigenvalue weighted by atomic mass is 10.2. The van der Waals surface area contributed by atoms with Gasteiger partial charge in [0, 0.05) is 29.6 Å². The van der Waals surface area contributed by atoms with Gasteiger partial charge in [0.05, 0.1) is 5.01 Å². The molecule has 15 heavy (non-hydrogen) atoms. The second kappa shape index (κ2) is 4.22. The van der Waals surface area contributed by atoms with Crippen LogP contribution in [0.5, 0.6) is 0 Å². The maximum Gasteiger partial charge on any atom is 0.0959 e. The van der Waals surface area contributed by atoms with Gasteiger partial charge >= 0.3 is 0 Å². The summed E-state index contributed by atoms with van der Waals surface area (Å²) in [7, 11) is 0. The van der Waals surface area contributed by atoms with Crippen LogP contribution in [0, 0.1) is 0 Å². The van der Waals surface area contributed by atoms with E-state index in [1.165, 1.54) is 48.4 Å². The van der Waals surface area contributed by atoms with Gasteiger partial charge in [0.1, 0.15) is 0 Å². The minimum absolute atomic E-state index is 0.775. The number of hydrogen-bond donors (Lipinski definition) is 1. The largest absolute Gasteiger partial charge is 0.309 e. The van der Waals surface area contributed by atoms with Crippen molar-refractivity contribution in [2.45, 2.75) is 57.0 Å². The summed E-state index contributed by atoms with van der Waals surface area (Å²) in [5.41, 5.74) is 0. The molecular weight excluding hydrogens is 204 g/mol. The van der Waals surface area contributed by atoms with Crippen molar-refractivity contribution >= 4 is 11.3 Å². The van der Waals surface area contributed by atoms with Crippen LogP contribution in [0.15, 0.2) is 6.20 Å². The third-order valence-corrected chi connectivity index (χ3v) is 4.58. The molecule has 1 aromatic rings. The van der Waals surface area contributed by atoms with E-state index in [1.807, 2.05) is 11.3 Å². The van der Waals surface area contributed by atoms with Gasteiger partial charge in [-0.2, -0.15) is 0 Å². The van der Waals surface area contributed by atoms with E-state index in [0.717, 1.165) is 18.5 Å². The fraction of sp³-hybridized carbons (Fsp3) is 0.750. The van der Waals surface area contributed by atoms with E-state index in [4.69, 9.17) is 0 Å². The van der Waals surface area contributed by atoms with Crippen molar-refractivity contribution in [3.05, 3.63) is 16.1 Å². The molecule has 0 spiro atoms. The van der Waals surface area contributed by atoms with Crippen molar-refractivity contribution in [3.8, 4) is 0 Å². The van der Waals surface area contributed by atoms with Gasteiger partial charge in [0.25, 0.3) is 0 Å². The Hall–Kier alpha value is -0.410. The predicted molar refractivity (Wildman–Crippen MR) is 63.2 cm³/mol. The van der Waals surface area contributed by atoms with E-state index in [-0.39, 0.29) is 0 Å². The number of thiazole rings is 1. The zero-order valence-corrected chi connectivity index (χ0v) is 9.85. The predicted octanol–water partition coefficient (Wildman–Crippen LogP) is 3.05. The first-order valence-electron chi connectivity index (χ1n) is 6.10. The normalized spacial score (nSPS) is 22.4. The molecule has 1 N–H and O–H groups in total. The van der Waals surface area contributed by atoms with Crippen LogP contribution in [0.2, 0.25) is 0 Å². The molecule has 2 aliphatic carbocycles. The van der Waals surface area contributed by atoms with E-state index in [2.05, 4.69) is 16.5 Å². The van der Waals surface area contributed by atoms with Gasteiger partial charge in [-0.15, -0.1) is 11.3 Å². The lowest BCUT2D eigenvalue weighted by Gasteiger charge is -2.09. The molecule has 0 atom stereocenters. The van der Waals surface area contributed by atoms with Crippen molar-refractivity contribution in [1.29, 1.82) is 0 Å². The van der Waals surface area contributed by atoms with Crippen molar-refractivity contribution in [2.24, 2.45) is 0 Å². The van der Waals surface area contributed by atoms with Crippen LogP contribution >= 0.6 is 11.3 Å². The summed E-state index contributed by atoms with van der Waals surface area (Å²) in [6.07, 6.45) is 10.4. The Balaban J connectivity index is 1.52. The van der Waals surface area contributed by atoms with Crippen LogP contribution in [0.25, 0.3) is 0 Å². The molecule has 0 aliphatic heterocycles. The molecule has 0 bridgehead atoms. The summed E-state index contributed by atoms with van der Waals surface area (Å²) >= 11 is 1.91. The quantitative estimate of drug-likeness (QED) is 0.847. The Morgan fingerprint density at radius 2 is 2.07 bits per heavy atom. The van der Waals surface area contributed by atoms with Crippen LogP contribution in [0.1, 0.15) is 54.3 Å². The molecule has 0 amide bonds. The Bertz CT molecular complexity index is 324. The Kier molecular flexibility index (Phi) is 2.76. The van der Waals surface area contributed by atoms with Crippen molar-refractivity contribution < 1.29 is 0 Å². The highest BCUT2D eigenvalue weighted by atomic mass is 32.1. The van der Waals surface area contributed by atoms with Crippen LogP contribution in [-0.4, -0.2) is 11.0 Å². The molecule has 1 aromatic heterocycles. The highest BCUT2D eigenvalue weighted by Gasteiger charge is 2.26. The Morgan fingerprint density at radius 3 is 2.80 bits per heavy atom. The van der Waals surface area contributed by atoms with E-state index in [1.54, 1.807) is 0 Å². The minimum Gasteiger partial charge on any atom is -0.309 e. The van der Waals surface area contributed by atoms with Crippen LogP contribution in [0.4, 0.5) is 0 Å². The molecule has 3 heteroatoms. The maximum absolute atomic E-state index is 4.50. The molecule has 0 saturated heterocycles. The monoisotopic (exact) mass is 222 g/mol. The van der Waals surface area contributed by atoms with Crippen molar-refractivity contribution in [1.82, 2.24) is 10.3 Å². The minimum atomic E-state index is 0.775. The third-order valence-electron chi connectivity index (χ3n) is 3.42. The smallest absolute Gasteiger partial charge is 0.0959 e. The molecular formula is C12H18N2S. The van der Waals surface area contributed by atoms with Gasteiger partial charge in [0.15, 0.2) is 0 Å². The van der Waals surface area contributed by atoms with Crippen molar-refractivity contribution in [2.75, 3.05) is 0 Å². The SMILES string of the molecule is c1nc(C2CC2)sc1CNC1CCCC1. The second-order valence-electron chi connectivity index (χ2n) is 4.80. The van der Waals surface area contributed by atoms with Crippen LogP contribution < -0.4 is 5.32 Å². The first-order chi connectivity index (χ1) is 7.42. The summed E-state index contributed by atoms with van der Waals surface area (Å²) in [6.45, 7) is 1.04. The van der Waals surface area contributed by atoms with Gasteiger partial charge < -0.3 is 5.32 Å². The molecule has 82 valence electrons. The summed E-state index contributed by atoms with van der Waals surface area (Å²) < 4.78 is 0. The van der Waals surface area contributed by atoms with Gasteiger partial charge in [-0.3, -0.25) is 0 Å². The number of hydrogen-bond acceptors (Lipinski definition) is 3. The zero-order chi connectivity index (χ0) is 10.1. The van der Waals surface area contributed by atoms with E-state index in [9.17, 15) is 0 Å². The lowest BCUT2D eigenvalue weighted by molar-refractivity contribution is 0.527. The molecule has 0 radical (unpaired) electrons.